The van der Waals surface area contributed by atoms with Gasteiger partial charge in [-0.05, 0) is 36.4 Å². The molecular weight excluding hydrogens is 276 g/mol. The second kappa shape index (κ2) is 6.48. The molecule has 0 heterocycles. The van der Waals surface area contributed by atoms with Gasteiger partial charge in [0.2, 0.25) is 5.91 Å². The molecule has 0 aliphatic rings. The molecule has 0 unspecified atom stereocenters. The van der Waals surface area contributed by atoms with Crippen molar-refractivity contribution in [2.75, 3.05) is 17.2 Å². The minimum absolute atomic E-state index is 0.0476. The SMILES string of the molecule is N#Cc1ccc(NC(=O)CNc2ccc(F)cc2F)cc1. The number of benzene rings is 2. The quantitative estimate of drug-likeness (QED) is 0.908. The number of rotatable bonds is 4. The molecule has 0 atom stereocenters. The van der Waals surface area contributed by atoms with Gasteiger partial charge in [0.05, 0.1) is 23.9 Å². The molecular formula is C15H11F2N3O. The van der Waals surface area contributed by atoms with Gasteiger partial charge in [-0.1, -0.05) is 0 Å². The van der Waals surface area contributed by atoms with E-state index in [1.165, 1.54) is 6.07 Å². The van der Waals surface area contributed by atoms with Gasteiger partial charge in [-0.2, -0.15) is 5.26 Å². The lowest BCUT2D eigenvalue weighted by Gasteiger charge is -2.08. The summed E-state index contributed by atoms with van der Waals surface area (Å²) in [4.78, 5) is 11.7. The Kier molecular flexibility index (Phi) is 4.46. The highest BCUT2D eigenvalue weighted by Crippen LogP contribution is 2.14. The predicted molar refractivity (Wildman–Crippen MR) is 74.6 cm³/mol. The van der Waals surface area contributed by atoms with Gasteiger partial charge >= 0.3 is 0 Å². The van der Waals surface area contributed by atoms with Gasteiger partial charge in [0.15, 0.2) is 0 Å². The summed E-state index contributed by atoms with van der Waals surface area (Å²) >= 11 is 0. The number of anilines is 2. The molecule has 0 aromatic heterocycles. The number of amides is 1. The van der Waals surface area contributed by atoms with Crippen LogP contribution in [0.25, 0.3) is 0 Å². The summed E-state index contributed by atoms with van der Waals surface area (Å²) in [6.45, 7) is -0.164. The highest BCUT2D eigenvalue weighted by molar-refractivity contribution is 5.93. The molecule has 0 bridgehead atoms. The Morgan fingerprint density at radius 2 is 1.86 bits per heavy atom. The predicted octanol–water partition coefficient (Wildman–Crippen LogP) is 2.89. The van der Waals surface area contributed by atoms with Crippen molar-refractivity contribution in [3.63, 3.8) is 0 Å². The largest absolute Gasteiger partial charge is 0.374 e. The van der Waals surface area contributed by atoms with Crippen LogP contribution < -0.4 is 10.6 Å². The third-order valence-electron chi connectivity index (χ3n) is 2.67. The summed E-state index contributed by atoms with van der Waals surface area (Å²) in [5.41, 5.74) is 1.06. The van der Waals surface area contributed by atoms with Crippen LogP contribution in [0.5, 0.6) is 0 Å². The van der Waals surface area contributed by atoms with E-state index in [4.69, 9.17) is 5.26 Å². The number of carbonyl (C=O) groups is 1. The monoisotopic (exact) mass is 287 g/mol. The Morgan fingerprint density at radius 1 is 1.14 bits per heavy atom. The zero-order chi connectivity index (χ0) is 15.2. The average Bonchev–Trinajstić information content (AvgIpc) is 2.47. The third-order valence-corrected chi connectivity index (χ3v) is 2.67. The van der Waals surface area contributed by atoms with Crippen LogP contribution in [0.1, 0.15) is 5.56 Å². The van der Waals surface area contributed by atoms with E-state index in [0.29, 0.717) is 11.3 Å². The maximum Gasteiger partial charge on any atom is 0.243 e. The lowest BCUT2D eigenvalue weighted by Crippen LogP contribution is -2.22. The Hall–Kier alpha value is -2.94. The molecule has 2 aromatic carbocycles. The molecule has 2 rings (SSSR count). The van der Waals surface area contributed by atoms with Crippen LogP contribution in [-0.2, 0) is 4.79 Å². The highest BCUT2D eigenvalue weighted by atomic mass is 19.1. The third kappa shape index (κ3) is 4.01. The highest BCUT2D eigenvalue weighted by Gasteiger charge is 2.06. The van der Waals surface area contributed by atoms with Crippen molar-refractivity contribution in [3.05, 3.63) is 59.7 Å². The molecule has 0 saturated carbocycles. The minimum Gasteiger partial charge on any atom is -0.374 e. The van der Waals surface area contributed by atoms with Crippen LogP contribution in [0.2, 0.25) is 0 Å². The normalized spacial score (nSPS) is 9.76. The fourth-order valence-corrected chi connectivity index (χ4v) is 1.64. The maximum absolute atomic E-state index is 13.3. The van der Waals surface area contributed by atoms with Gasteiger partial charge in [-0.15, -0.1) is 0 Å². The number of nitriles is 1. The number of nitrogens with one attached hydrogen (secondary N) is 2. The molecule has 0 aliphatic carbocycles. The van der Waals surface area contributed by atoms with Crippen molar-refractivity contribution in [2.45, 2.75) is 0 Å². The molecule has 21 heavy (non-hydrogen) atoms. The van der Waals surface area contributed by atoms with Gasteiger partial charge < -0.3 is 10.6 Å². The van der Waals surface area contributed by atoms with E-state index in [1.807, 2.05) is 6.07 Å². The first-order valence-electron chi connectivity index (χ1n) is 6.07. The standard InChI is InChI=1S/C15H11F2N3O/c16-11-3-6-14(13(17)7-11)19-9-15(21)20-12-4-1-10(8-18)2-5-12/h1-7,19H,9H2,(H,20,21). The van der Waals surface area contributed by atoms with Crippen LogP contribution in [0.3, 0.4) is 0 Å². The molecule has 2 N–H and O–H groups in total. The van der Waals surface area contributed by atoms with Crippen LogP contribution in [-0.4, -0.2) is 12.5 Å². The minimum atomic E-state index is -0.763. The molecule has 106 valence electrons. The van der Waals surface area contributed by atoms with E-state index >= 15 is 0 Å². The lowest BCUT2D eigenvalue weighted by molar-refractivity contribution is -0.114. The Bertz CT molecular complexity index is 693. The Labute approximate surface area is 120 Å². The molecule has 1 amide bonds. The van der Waals surface area contributed by atoms with Gasteiger partial charge in [0.1, 0.15) is 11.6 Å². The first-order chi connectivity index (χ1) is 10.1. The molecule has 0 aliphatic heterocycles. The molecule has 0 saturated heterocycles. The van der Waals surface area contributed by atoms with Crippen molar-refractivity contribution in [1.82, 2.24) is 0 Å². The molecule has 0 fully saturated rings. The van der Waals surface area contributed by atoms with Gasteiger partial charge in [-0.25, -0.2) is 8.78 Å². The Morgan fingerprint density at radius 3 is 2.48 bits per heavy atom. The zero-order valence-corrected chi connectivity index (χ0v) is 10.9. The van der Waals surface area contributed by atoms with E-state index < -0.39 is 11.6 Å². The molecule has 6 heteroatoms. The van der Waals surface area contributed by atoms with Gasteiger partial charge in [0, 0.05) is 11.8 Å². The number of hydrogen-bond donors (Lipinski definition) is 2. The molecule has 0 spiro atoms. The number of hydrogen-bond acceptors (Lipinski definition) is 3. The summed E-state index contributed by atoms with van der Waals surface area (Å²) < 4.78 is 26.1. The summed E-state index contributed by atoms with van der Waals surface area (Å²) in [5, 5.41) is 13.8. The van der Waals surface area contributed by atoms with Crippen LogP contribution in [0, 0.1) is 23.0 Å². The first kappa shape index (κ1) is 14.5. The van der Waals surface area contributed by atoms with Crippen LogP contribution >= 0.6 is 0 Å². The molecule has 4 nitrogen and oxygen atoms in total. The summed E-state index contributed by atoms with van der Waals surface area (Å²) in [6, 6.07) is 11.4. The first-order valence-corrected chi connectivity index (χ1v) is 6.07. The second-order valence-corrected chi connectivity index (χ2v) is 4.22. The average molecular weight is 287 g/mol. The van der Waals surface area contributed by atoms with Crippen molar-refractivity contribution < 1.29 is 13.6 Å². The smallest absolute Gasteiger partial charge is 0.243 e. The van der Waals surface area contributed by atoms with Crippen LogP contribution in [0.4, 0.5) is 20.2 Å². The summed E-state index contributed by atoms with van der Waals surface area (Å²) in [5.74, 6) is -1.83. The van der Waals surface area contributed by atoms with Gasteiger partial charge in [-0.3, -0.25) is 4.79 Å². The molecule has 0 radical (unpaired) electrons. The lowest BCUT2D eigenvalue weighted by atomic mass is 10.2. The van der Waals surface area contributed by atoms with E-state index in [-0.39, 0.29) is 18.1 Å². The topological polar surface area (TPSA) is 64.9 Å². The fourth-order valence-electron chi connectivity index (χ4n) is 1.64. The van der Waals surface area contributed by atoms with E-state index in [9.17, 15) is 13.6 Å². The van der Waals surface area contributed by atoms with E-state index in [2.05, 4.69) is 10.6 Å². The summed E-state index contributed by atoms with van der Waals surface area (Å²) in [6.07, 6.45) is 0. The number of nitrogens with zero attached hydrogens (tertiary/aromatic N) is 1. The number of carbonyl (C=O) groups excluding carboxylic acids is 1. The number of halogens is 2. The fraction of sp³-hybridized carbons (Fsp3) is 0.0667. The maximum atomic E-state index is 13.3. The van der Waals surface area contributed by atoms with Crippen molar-refractivity contribution >= 4 is 17.3 Å². The van der Waals surface area contributed by atoms with Crippen molar-refractivity contribution in [3.8, 4) is 6.07 Å². The van der Waals surface area contributed by atoms with Crippen molar-refractivity contribution in [2.24, 2.45) is 0 Å². The van der Waals surface area contributed by atoms with Crippen molar-refractivity contribution in [1.29, 1.82) is 5.26 Å². The van der Waals surface area contributed by atoms with Crippen LogP contribution in [0.15, 0.2) is 42.5 Å². The van der Waals surface area contributed by atoms with E-state index in [0.717, 1.165) is 12.1 Å². The second-order valence-electron chi connectivity index (χ2n) is 4.22. The molecule has 2 aromatic rings. The van der Waals surface area contributed by atoms with E-state index in [1.54, 1.807) is 24.3 Å². The summed E-state index contributed by atoms with van der Waals surface area (Å²) in [7, 11) is 0. The Balaban J connectivity index is 1.91. The zero-order valence-electron chi connectivity index (χ0n) is 10.9. The van der Waals surface area contributed by atoms with Gasteiger partial charge in [0.25, 0.3) is 0 Å².